The molecule has 0 fully saturated rings. The molecule has 0 saturated heterocycles. The van der Waals surface area contributed by atoms with Crippen LogP contribution in [-0.4, -0.2) is 28.0 Å². The van der Waals surface area contributed by atoms with Gasteiger partial charge in [-0.25, -0.2) is 0 Å². The van der Waals surface area contributed by atoms with E-state index in [-0.39, 0.29) is 36.1 Å². The monoisotopic (exact) mass is 696 g/mol. The summed E-state index contributed by atoms with van der Waals surface area (Å²) in [6.45, 7) is -0.225. The molecular weight excluding hydrogens is 693 g/mol. The Bertz CT molecular complexity index is 690. The standard InChI is InChI=1S/C15H10Cl14O/c16-10(17,12(20,21)14(24,25)26)8-4-1-5-9(7(8)3-2-6-30)11(18,19)13(22,23)15(27,28)29/h1,4-5,30H,2-3,6H2. The van der Waals surface area contributed by atoms with Crippen molar-refractivity contribution in [1.29, 1.82) is 0 Å². The Kier molecular flexibility index (Phi) is 11.1. The van der Waals surface area contributed by atoms with E-state index in [2.05, 4.69) is 0 Å². The van der Waals surface area contributed by atoms with Gasteiger partial charge in [-0.15, -0.1) is 0 Å². The minimum atomic E-state index is -2.37. The Morgan fingerprint density at radius 3 is 1.20 bits per heavy atom. The van der Waals surface area contributed by atoms with Crippen molar-refractivity contribution >= 4 is 162 Å². The van der Waals surface area contributed by atoms with E-state index in [0.29, 0.717) is 0 Å². The fourth-order valence-electron chi connectivity index (χ4n) is 2.39. The lowest BCUT2D eigenvalue weighted by Crippen LogP contribution is -2.47. The molecule has 0 unspecified atom stereocenters. The van der Waals surface area contributed by atoms with Crippen molar-refractivity contribution in [2.45, 2.75) is 37.8 Å². The van der Waals surface area contributed by atoms with E-state index < -0.39 is 24.9 Å². The molecule has 1 rings (SSSR count). The van der Waals surface area contributed by atoms with Crippen LogP contribution in [0.4, 0.5) is 0 Å². The highest BCUT2D eigenvalue weighted by atomic mass is 35.6. The van der Waals surface area contributed by atoms with Crippen LogP contribution in [0, 0.1) is 0 Å². The molecule has 1 N–H and O–H groups in total. The average Bonchev–Trinajstić information content (AvgIpc) is 2.57. The summed E-state index contributed by atoms with van der Waals surface area (Å²) in [6.07, 6.45) is 0.298. The first-order chi connectivity index (χ1) is 13.2. The summed E-state index contributed by atoms with van der Waals surface area (Å²) in [5, 5.41) is 9.33. The molecule has 0 atom stereocenters. The van der Waals surface area contributed by atoms with Gasteiger partial charge in [0.05, 0.1) is 0 Å². The summed E-state index contributed by atoms with van der Waals surface area (Å²) in [5.41, 5.74) is 0.334. The molecule has 0 aliphatic heterocycles. The summed E-state index contributed by atoms with van der Waals surface area (Å²) in [6, 6.07) is 4.32. The zero-order valence-electron chi connectivity index (χ0n) is 14.1. The second-order valence-corrected chi connectivity index (χ2v) is 15.8. The average molecular weight is 703 g/mol. The SMILES string of the molecule is OCCCc1c(C(Cl)(Cl)C(Cl)(Cl)C(Cl)(Cl)Cl)cccc1C(Cl)(Cl)C(Cl)(Cl)C(Cl)(Cl)Cl. The van der Waals surface area contributed by atoms with E-state index in [0.717, 1.165) is 0 Å². The van der Waals surface area contributed by atoms with Crippen molar-refractivity contribution in [1.82, 2.24) is 0 Å². The minimum absolute atomic E-state index is 0.0484. The molecule has 0 aliphatic carbocycles. The highest BCUT2D eigenvalue weighted by Gasteiger charge is 2.63. The van der Waals surface area contributed by atoms with Crippen LogP contribution in [0.5, 0.6) is 0 Å². The van der Waals surface area contributed by atoms with Gasteiger partial charge in [-0.1, -0.05) is 181 Å². The Hall–Kier alpha value is 3.24. The Labute approximate surface area is 244 Å². The van der Waals surface area contributed by atoms with Gasteiger partial charge in [0.25, 0.3) is 0 Å². The third kappa shape index (κ3) is 5.96. The maximum Gasteiger partial charge on any atom is 0.226 e. The normalized spacial score (nSPS) is 14.9. The molecule has 0 heterocycles. The van der Waals surface area contributed by atoms with Crippen molar-refractivity contribution in [3.63, 3.8) is 0 Å². The smallest absolute Gasteiger partial charge is 0.226 e. The van der Waals surface area contributed by atoms with E-state index in [1.807, 2.05) is 0 Å². The van der Waals surface area contributed by atoms with Gasteiger partial charge in [0.2, 0.25) is 16.3 Å². The Morgan fingerprint density at radius 2 is 0.933 bits per heavy atom. The van der Waals surface area contributed by atoms with Crippen molar-refractivity contribution in [2.75, 3.05) is 6.61 Å². The van der Waals surface area contributed by atoms with Gasteiger partial charge in [0.1, 0.15) is 0 Å². The largest absolute Gasteiger partial charge is 0.396 e. The van der Waals surface area contributed by atoms with E-state index in [1.54, 1.807) is 0 Å². The molecule has 1 aromatic carbocycles. The van der Waals surface area contributed by atoms with Gasteiger partial charge in [-0.05, 0) is 29.5 Å². The highest BCUT2D eigenvalue weighted by Crippen LogP contribution is 2.64. The highest BCUT2D eigenvalue weighted by molar-refractivity contribution is 6.79. The third-order valence-electron chi connectivity index (χ3n) is 3.94. The maximum atomic E-state index is 9.33. The Morgan fingerprint density at radius 1 is 0.600 bits per heavy atom. The summed E-state index contributed by atoms with van der Waals surface area (Å²) in [4.78, 5) is 0. The molecule has 0 aliphatic rings. The first-order valence-corrected chi connectivity index (χ1v) is 12.9. The molecule has 0 aromatic heterocycles. The molecule has 1 aromatic rings. The predicted octanol–water partition coefficient (Wildman–Crippen LogP) is 9.96. The van der Waals surface area contributed by atoms with Gasteiger partial charge >= 0.3 is 0 Å². The van der Waals surface area contributed by atoms with E-state index in [9.17, 15) is 5.11 Å². The lowest BCUT2D eigenvalue weighted by atomic mass is 9.90. The number of aliphatic hydroxyl groups excluding tert-OH is 1. The van der Waals surface area contributed by atoms with Crippen LogP contribution in [0.25, 0.3) is 0 Å². The second kappa shape index (κ2) is 10.7. The fraction of sp³-hybridized carbons (Fsp3) is 0.600. The van der Waals surface area contributed by atoms with Gasteiger partial charge in [0, 0.05) is 6.61 Å². The molecule has 1 nitrogen and oxygen atoms in total. The summed E-state index contributed by atoms with van der Waals surface area (Å²) < 4.78 is -13.8. The molecule has 0 spiro atoms. The summed E-state index contributed by atoms with van der Waals surface area (Å²) in [5.74, 6) is 0. The van der Waals surface area contributed by atoms with Crippen molar-refractivity contribution in [3.05, 3.63) is 34.9 Å². The predicted molar refractivity (Wildman–Crippen MR) is 138 cm³/mol. The van der Waals surface area contributed by atoms with Crippen LogP contribution in [-0.2, 0) is 15.1 Å². The van der Waals surface area contributed by atoms with Gasteiger partial charge < -0.3 is 5.11 Å². The number of hydrogen-bond donors (Lipinski definition) is 1. The first-order valence-electron chi connectivity index (χ1n) is 7.56. The maximum absolute atomic E-state index is 9.33. The fourth-order valence-corrected chi connectivity index (χ4v) is 5.51. The third-order valence-corrected chi connectivity index (χ3v) is 11.8. The van der Waals surface area contributed by atoms with E-state index in [1.165, 1.54) is 18.2 Å². The van der Waals surface area contributed by atoms with Gasteiger partial charge in [0.15, 0.2) is 8.67 Å². The quantitative estimate of drug-likeness (QED) is 0.281. The number of rotatable bonds is 7. The molecule has 174 valence electrons. The van der Waals surface area contributed by atoms with Crippen molar-refractivity contribution in [3.8, 4) is 0 Å². The van der Waals surface area contributed by atoms with Crippen LogP contribution < -0.4 is 0 Å². The van der Waals surface area contributed by atoms with Gasteiger partial charge in [-0.2, -0.15) is 0 Å². The van der Waals surface area contributed by atoms with Crippen molar-refractivity contribution < 1.29 is 5.11 Å². The second-order valence-electron chi connectivity index (χ2n) is 5.95. The summed E-state index contributed by atoms with van der Waals surface area (Å²) >= 11 is 86.3. The zero-order valence-corrected chi connectivity index (χ0v) is 24.7. The van der Waals surface area contributed by atoms with Crippen molar-refractivity contribution in [2.24, 2.45) is 0 Å². The van der Waals surface area contributed by atoms with Gasteiger partial charge in [-0.3, -0.25) is 0 Å². The van der Waals surface area contributed by atoms with Crippen LogP contribution in [0.15, 0.2) is 18.2 Å². The lowest BCUT2D eigenvalue weighted by Gasteiger charge is -2.42. The minimum Gasteiger partial charge on any atom is -0.396 e. The van der Waals surface area contributed by atoms with Crippen LogP contribution in [0.2, 0.25) is 0 Å². The number of aliphatic hydroxyl groups is 1. The molecule has 0 saturated carbocycles. The van der Waals surface area contributed by atoms with Crippen LogP contribution in [0.1, 0.15) is 23.1 Å². The van der Waals surface area contributed by atoms with E-state index in [4.69, 9.17) is 162 Å². The number of benzene rings is 1. The molecule has 0 bridgehead atoms. The topological polar surface area (TPSA) is 20.2 Å². The zero-order chi connectivity index (χ0) is 24.0. The lowest BCUT2D eigenvalue weighted by molar-refractivity contribution is 0.288. The first kappa shape index (κ1) is 31.3. The molecular formula is C15H10Cl14O. The van der Waals surface area contributed by atoms with Crippen LogP contribution >= 0.6 is 162 Å². The Balaban J connectivity index is 3.88. The van der Waals surface area contributed by atoms with E-state index >= 15 is 0 Å². The molecule has 0 amide bonds. The summed E-state index contributed by atoms with van der Waals surface area (Å²) in [7, 11) is 0. The molecule has 15 heteroatoms. The number of hydrogen-bond acceptors (Lipinski definition) is 1. The molecule has 30 heavy (non-hydrogen) atoms. The number of alkyl halides is 14. The number of halogens is 14. The molecule has 0 radical (unpaired) electrons. The van der Waals surface area contributed by atoms with Crippen LogP contribution in [0.3, 0.4) is 0 Å².